The van der Waals surface area contributed by atoms with Crippen LogP contribution in [0.5, 0.6) is 5.75 Å². The van der Waals surface area contributed by atoms with E-state index >= 15 is 0 Å². The maximum atomic E-state index is 11.2. The fourth-order valence-electron chi connectivity index (χ4n) is 2.24. The van der Waals surface area contributed by atoms with Gasteiger partial charge in [-0.05, 0) is 37.8 Å². The first kappa shape index (κ1) is 11.9. The summed E-state index contributed by atoms with van der Waals surface area (Å²) in [5.41, 5.74) is 11.6. The average Bonchev–Trinajstić information content (AvgIpc) is 2.29. The number of nitrogens with two attached hydrogens (primary N) is 2. The molecule has 1 aromatic rings. The van der Waals surface area contributed by atoms with Crippen LogP contribution < -0.4 is 16.2 Å². The zero-order valence-electron chi connectivity index (χ0n) is 9.76. The van der Waals surface area contributed by atoms with E-state index in [0.29, 0.717) is 11.3 Å². The van der Waals surface area contributed by atoms with Crippen molar-refractivity contribution >= 4 is 5.91 Å². The Kier molecular flexibility index (Phi) is 3.64. The first-order chi connectivity index (χ1) is 8.16. The molecule has 0 saturated heterocycles. The molecule has 1 aromatic carbocycles. The van der Waals surface area contributed by atoms with E-state index in [1.165, 1.54) is 0 Å². The molecule has 2 atom stereocenters. The number of carbonyl (C=O) groups excluding carboxylic acids is 1. The number of amides is 1. The van der Waals surface area contributed by atoms with Gasteiger partial charge in [0, 0.05) is 6.04 Å². The molecule has 0 heterocycles. The highest BCUT2D eigenvalue weighted by molar-refractivity contribution is 5.95. The number of benzene rings is 1. The van der Waals surface area contributed by atoms with Crippen LogP contribution in [0.4, 0.5) is 0 Å². The second-order valence-corrected chi connectivity index (χ2v) is 4.53. The molecule has 2 unspecified atom stereocenters. The van der Waals surface area contributed by atoms with Crippen molar-refractivity contribution in [1.82, 2.24) is 0 Å². The molecule has 1 fully saturated rings. The summed E-state index contributed by atoms with van der Waals surface area (Å²) in [7, 11) is 0. The summed E-state index contributed by atoms with van der Waals surface area (Å²) in [5, 5.41) is 0. The second kappa shape index (κ2) is 5.19. The molecule has 4 nitrogen and oxygen atoms in total. The Morgan fingerprint density at radius 2 is 2.06 bits per heavy atom. The van der Waals surface area contributed by atoms with Gasteiger partial charge in [0.05, 0.1) is 5.56 Å². The third-order valence-electron chi connectivity index (χ3n) is 3.11. The Bertz CT molecular complexity index is 406. The van der Waals surface area contributed by atoms with Crippen LogP contribution in [0.1, 0.15) is 36.0 Å². The highest BCUT2D eigenvalue weighted by atomic mass is 16.5. The molecule has 1 aliphatic carbocycles. The molecule has 0 aromatic heterocycles. The van der Waals surface area contributed by atoms with Crippen LogP contribution in [0.15, 0.2) is 24.3 Å². The predicted molar refractivity (Wildman–Crippen MR) is 65.8 cm³/mol. The van der Waals surface area contributed by atoms with Gasteiger partial charge in [0.15, 0.2) is 0 Å². The van der Waals surface area contributed by atoms with Crippen LogP contribution in [0, 0.1) is 0 Å². The first-order valence-corrected chi connectivity index (χ1v) is 5.98. The van der Waals surface area contributed by atoms with Crippen LogP contribution in [0.3, 0.4) is 0 Å². The number of rotatable bonds is 3. The molecular weight excluding hydrogens is 216 g/mol. The molecule has 1 amide bonds. The van der Waals surface area contributed by atoms with Gasteiger partial charge in [-0.1, -0.05) is 12.1 Å². The summed E-state index contributed by atoms with van der Waals surface area (Å²) in [4.78, 5) is 11.2. The normalized spacial score (nSPS) is 24.3. The molecule has 92 valence electrons. The van der Waals surface area contributed by atoms with Gasteiger partial charge in [0.2, 0.25) is 0 Å². The lowest BCUT2D eigenvalue weighted by Crippen LogP contribution is -2.34. The summed E-state index contributed by atoms with van der Waals surface area (Å²) in [6, 6.07) is 7.28. The van der Waals surface area contributed by atoms with Gasteiger partial charge < -0.3 is 16.2 Å². The zero-order valence-corrected chi connectivity index (χ0v) is 9.76. The highest BCUT2D eigenvalue weighted by Crippen LogP contribution is 2.25. The highest BCUT2D eigenvalue weighted by Gasteiger charge is 2.21. The van der Waals surface area contributed by atoms with Gasteiger partial charge in [-0.15, -0.1) is 0 Å². The van der Waals surface area contributed by atoms with Crippen LogP contribution in [-0.2, 0) is 0 Å². The van der Waals surface area contributed by atoms with E-state index in [1.807, 2.05) is 6.07 Å². The zero-order chi connectivity index (χ0) is 12.3. The molecule has 17 heavy (non-hydrogen) atoms. The average molecular weight is 234 g/mol. The van der Waals surface area contributed by atoms with Gasteiger partial charge in [0.1, 0.15) is 11.9 Å². The molecule has 4 heteroatoms. The van der Waals surface area contributed by atoms with Crippen molar-refractivity contribution in [2.45, 2.75) is 37.8 Å². The minimum atomic E-state index is -0.458. The van der Waals surface area contributed by atoms with Gasteiger partial charge in [-0.2, -0.15) is 0 Å². The molecule has 4 N–H and O–H groups in total. The largest absolute Gasteiger partial charge is 0.490 e. The van der Waals surface area contributed by atoms with Gasteiger partial charge in [-0.25, -0.2) is 0 Å². The molecule has 0 radical (unpaired) electrons. The van der Waals surface area contributed by atoms with Crippen molar-refractivity contribution < 1.29 is 9.53 Å². The minimum Gasteiger partial charge on any atom is -0.490 e. The van der Waals surface area contributed by atoms with Gasteiger partial charge in [0.25, 0.3) is 5.91 Å². The third kappa shape index (κ3) is 2.97. The van der Waals surface area contributed by atoms with E-state index in [0.717, 1.165) is 25.7 Å². The van der Waals surface area contributed by atoms with Crippen molar-refractivity contribution in [1.29, 1.82) is 0 Å². The van der Waals surface area contributed by atoms with Crippen LogP contribution in [0.25, 0.3) is 0 Å². The van der Waals surface area contributed by atoms with Crippen molar-refractivity contribution in [3.63, 3.8) is 0 Å². The lowest BCUT2D eigenvalue weighted by Gasteiger charge is -2.27. The minimum absolute atomic E-state index is 0.0965. The Balaban J connectivity index is 2.10. The standard InChI is InChI=1S/C13H18N2O2/c14-9-4-3-5-10(8-9)17-12-7-2-1-6-11(12)13(15)16/h1-2,6-7,9-10H,3-5,8,14H2,(H2,15,16). The number of hydrogen-bond donors (Lipinski definition) is 2. The summed E-state index contributed by atoms with van der Waals surface area (Å²) in [5.74, 6) is 0.111. The molecule has 1 aliphatic rings. The number of primary amides is 1. The second-order valence-electron chi connectivity index (χ2n) is 4.53. The predicted octanol–water partition coefficient (Wildman–Crippen LogP) is 1.43. The first-order valence-electron chi connectivity index (χ1n) is 5.98. The fraction of sp³-hybridized carbons (Fsp3) is 0.462. The quantitative estimate of drug-likeness (QED) is 0.830. The monoisotopic (exact) mass is 234 g/mol. The van der Waals surface area contributed by atoms with Crippen molar-refractivity contribution in [2.24, 2.45) is 11.5 Å². The lowest BCUT2D eigenvalue weighted by atomic mass is 9.93. The van der Waals surface area contributed by atoms with Gasteiger partial charge >= 0.3 is 0 Å². The lowest BCUT2D eigenvalue weighted by molar-refractivity contribution is 0.0986. The fourth-order valence-corrected chi connectivity index (χ4v) is 2.24. The molecule has 1 saturated carbocycles. The molecule has 0 spiro atoms. The van der Waals surface area contributed by atoms with E-state index in [9.17, 15) is 4.79 Å². The van der Waals surface area contributed by atoms with Crippen LogP contribution in [0.2, 0.25) is 0 Å². The van der Waals surface area contributed by atoms with E-state index < -0.39 is 5.91 Å². The van der Waals surface area contributed by atoms with E-state index in [4.69, 9.17) is 16.2 Å². The Morgan fingerprint density at radius 3 is 2.76 bits per heavy atom. The summed E-state index contributed by atoms with van der Waals surface area (Å²) in [6.07, 6.45) is 4.05. The molecule has 0 aliphatic heterocycles. The topological polar surface area (TPSA) is 78.3 Å². The van der Waals surface area contributed by atoms with E-state index in [2.05, 4.69) is 0 Å². The third-order valence-corrected chi connectivity index (χ3v) is 3.11. The number of carbonyl (C=O) groups is 1. The molecule has 2 rings (SSSR count). The van der Waals surface area contributed by atoms with Crippen LogP contribution >= 0.6 is 0 Å². The Morgan fingerprint density at radius 1 is 1.29 bits per heavy atom. The van der Waals surface area contributed by atoms with E-state index in [1.54, 1.807) is 18.2 Å². The number of hydrogen-bond acceptors (Lipinski definition) is 3. The molecule has 0 bridgehead atoms. The van der Waals surface area contributed by atoms with Gasteiger partial charge in [-0.3, -0.25) is 4.79 Å². The summed E-state index contributed by atoms with van der Waals surface area (Å²) >= 11 is 0. The Labute approximate surface area is 101 Å². The molecular formula is C13H18N2O2. The number of para-hydroxylation sites is 1. The van der Waals surface area contributed by atoms with Crippen molar-refractivity contribution in [2.75, 3.05) is 0 Å². The number of ether oxygens (including phenoxy) is 1. The smallest absolute Gasteiger partial charge is 0.252 e. The van der Waals surface area contributed by atoms with Crippen molar-refractivity contribution in [3.05, 3.63) is 29.8 Å². The Hall–Kier alpha value is -1.55. The van der Waals surface area contributed by atoms with Crippen molar-refractivity contribution in [3.8, 4) is 5.75 Å². The summed E-state index contributed by atoms with van der Waals surface area (Å²) in [6.45, 7) is 0. The van der Waals surface area contributed by atoms with E-state index in [-0.39, 0.29) is 12.1 Å². The van der Waals surface area contributed by atoms with Crippen LogP contribution in [-0.4, -0.2) is 18.1 Å². The SMILES string of the molecule is NC(=O)c1ccccc1OC1CCCC(N)C1. The summed E-state index contributed by atoms with van der Waals surface area (Å²) < 4.78 is 5.84. The maximum absolute atomic E-state index is 11.2. The maximum Gasteiger partial charge on any atom is 0.252 e.